The van der Waals surface area contributed by atoms with Crippen LogP contribution in [0.4, 0.5) is 5.69 Å². The molecule has 2 N–H and O–H groups in total. The normalized spacial score (nSPS) is 11.4. The monoisotopic (exact) mass is 437 g/mol. The number of methoxy groups -OCH3 is 1. The van der Waals surface area contributed by atoms with Crippen LogP contribution in [-0.2, 0) is 21.2 Å². The van der Waals surface area contributed by atoms with Crippen molar-refractivity contribution in [2.45, 2.75) is 11.3 Å². The van der Waals surface area contributed by atoms with E-state index in [0.717, 1.165) is 16.7 Å². The summed E-state index contributed by atoms with van der Waals surface area (Å²) in [7, 11) is -2.65. The molecule has 0 aliphatic heterocycles. The molecule has 0 aliphatic carbocycles. The minimum absolute atomic E-state index is 0.126. The molecule has 0 atom stereocenters. The molecular weight excluding hydrogens is 418 g/mol. The Labute approximate surface area is 178 Å². The third-order valence-electron chi connectivity index (χ3n) is 4.72. The lowest BCUT2D eigenvalue weighted by Gasteiger charge is -2.13. The maximum Gasteiger partial charge on any atom is 0.307 e. The standard InChI is InChI=1S/C22H19N3O5S/c1-30-20-11-6-15(13-22(26)27)12-21(20)31(28,29)24-16-7-9-17(10-8-16)25-14-23-18-4-2-3-5-19(18)25/h2-12,14,24H,13H2,1H3,(H,26,27). The molecule has 0 spiro atoms. The zero-order chi connectivity index (χ0) is 22.0. The number of nitrogens with zero attached hydrogens (tertiary/aromatic N) is 2. The van der Waals surface area contributed by atoms with Crippen LogP contribution in [0.2, 0.25) is 0 Å². The smallest absolute Gasteiger partial charge is 0.307 e. The molecule has 0 radical (unpaired) electrons. The summed E-state index contributed by atoms with van der Waals surface area (Å²) in [6.45, 7) is 0. The van der Waals surface area contributed by atoms with E-state index in [1.807, 2.05) is 28.8 Å². The van der Waals surface area contributed by atoms with Crippen molar-refractivity contribution in [3.8, 4) is 11.4 Å². The van der Waals surface area contributed by atoms with Crippen LogP contribution in [0.3, 0.4) is 0 Å². The van der Waals surface area contributed by atoms with Crippen LogP contribution in [0.15, 0.2) is 78.0 Å². The van der Waals surface area contributed by atoms with Gasteiger partial charge in [0, 0.05) is 11.4 Å². The molecule has 3 aromatic carbocycles. The number of carbonyl (C=O) groups is 1. The molecule has 0 saturated carbocycles. The van der Waals surface area contributed by atoms with Crippen LogP contribution in [0.5, 0.6) is 5.75 Å². The summed E-state index contributed by atoms with van der Waals surface area (Å²) in [4.78, 5) is 15.2. The average Bonchev–Trinajstić information content (AvgIpc) is 3.18. The second-order valence-electron chi connectivity index (χ2n) is 6.81. The molecule has 8 nitrogen and oxygen atoms in total. The van der Waals surface area contributed by atoms with Gasteiger partial charge in [-0.25, -0.2) is 13.4 Å². The number of para-hydroxylation sites is 2. The molecule has 1 aromatic heterocycles. The summed E-state index contributed by atoms with van der Waals surface area (Å²) in [6, 6.07) is 18.8. The minimum Gasteiger partial charge on any atom is -0.495 e. The SMILES string of the molecule is COc1ccc(CC(=O)O)cc1S(=O)(=O)Nc1ccc(-n2cnc3ccccc32)cc1. The number of sulfonamides is 1. The Morgan fingerprint density at radius 2 is 1.84 bits per heavy atom. The quantitative estimate of drug-likeness (QED) is 0.458. The van der Waals surface area contributed by atoms with E-state index in [1.54, 1.807) is 30.6 Å². The van der Waals surface area contributed by atoms with Gasteiger partial charge in [-0.2, -0.15) is 0 Å². The Bertz CT molecular complexity index is 1360. The Morgan fingerprint density at radius 3 is 2.55 bits per heavy atom. The second-order valence-corrected chi connectivity index (χ2v) is 8.46. The molecule has 0 unspecified atom stereocenters. The summed E-state index contributed by atoms with van der Waals surface area (Å²) in [5.41, 5.74) is 3.35. The predicted molar refractivity (Wildman–Crippen MR) is 116 cm³/mol. The van der Waals surface area contributed by atoms with Crippen LogP contribution in [0.25, 0.3) is 16.7 Å². The van der Waals surface area contributed by atoms with Gasteiger partial charge in [-0.1, -0.05) is 18.2 Å². The molecule has 0 fully saturated rings. The maximum absolute atomic E-state index is 13.0. The molecule has 0 bridgehead atoms. The van der Waals surface area contributed by atoms with E-state index in [9.17, 15) is 13.2 Å². The Kier molecular flexibility index (Phi) is 5.35. The molecule has 4 rings (SSSR count). The van der Waals surface area contributed by atoms with Crippen molar-refractivity contribution in [2.75, 3.05) is 11.8 Å². The van der Waals surface area contributed by atoms with Gasteiger partial charge in [-0.05, 0) is 54.1 Å². The fourth-order valence-electron chi connectivity index (χ4n) is 3.28. The summed E-state index contributed by atoms with van der Waals surface area (Å²) in [5, 5.41) is 8.99. The fourth-order valence-corrected chi connectivity index (χ4v) is 4.56. The number of aromatic nitrogens is 2. The van der Waals surface area contributed by atoms with Gasteiger partial charge in [0.05, 0.1) is 24.6 Å². The Balaban J connectivity index is 1.62. The topological polar surface area (TPSA) is 111 Å². The number of nitrogens with one attached hydrogen (secondary N) is 1. The highest BCUT2D eigenvalue weighted by Crippen LogP contribution is 2.28. The van der Waals surface area contributed by atoms with Gasteiger partial charge >= 0.3 is 5.97 Å². The van der Waals surface area contributed by atoms with E-state index < -0.39 is 16.0 Å². The largest absolute Gasteiger partial charge is 0.495 e. The number of imidazole rings is 1. The van der Waals surface area contributed by atoms with Gasteiger partial charge in [0.1, 0.15) is 17.0 Å². The Morgan fingerprint density at radius 1 is 1.10 bits per heavy atom. The van der Waals surface area contributed by atoms with E-state index in [2.05, 4.69) is 9.71 Å². The number of fused-ring (bicyclic) bond motifs is 1. The zero-order valence-electron chi connectivity index (χ0n) is 16.5. The number of hydrogen-bond donors (Lipinski definition) is 2. The number of aliphatic carboxylic acids is 1. The summed E-state index contributed by atoms with van der Waals surface area (Å²) < 4.78 is 35.5. The molecule has 158 valence electrons. The number of ether oxygens (including phenoxy) is 1. The van der Waals surface area contributed by atoms with Crippen molar-refractivity contribution >= 4 is 32.7 Å². The van der Waals surface area contributed by atoms with Gasteiger partial charge in [0.2, 0.25) is 0 Å². The van der Waals surface area contributed by atoms with Gasteiger partial charge < -0.3 is 9.84 Å². The third kappa shape index (κ3) is 4.22. The van der Waals surface area contributed by atoms with Crippen molar-refractivity contribution in [3.63, 3.8) is 0 Å². The first-order valence-corrected chi connectivity index (χ1v) is 10.8. The number of hydrogen-bond acceptors (Lipinski definition) is 5. The number of rotatable bonds is 7. The second kappa shape index (κ2) is 8.11. The molecule has 0 saturated heterocycles. The molecule has 31 heavy (non-hydrogen) atoms. The van der Waals surface area contributed by atoms with Crippen molar-refractivity contribution in [1.82, 2.24) is 9.55 Å². The van der Waals surface area contributed by atoms with E-state index in [1.165, 1.54) is 25.3 Å². The number of carboxylic acids is 1. The van der Waals surface area contributed by atoms with E-state index in [-0.39, 0.29) is 17.1 Å². The molecular formula is C22H19N3O5S. The highest BCUT2D eigenvalue weighted by atomic mass is 32.2. The van der Waals surface area contributed by atoms with Crippen molar-refractivity contribution < 1.29 is 23.1 Å². The highest BCUT2D eigenvalue weighted by Gasteiger charge is 2.21. The van der Waals surface area contributed by atoms with E-state index in [0.29, 0.717) is 11.3 Å². The molecule has 4 aromatic rings. The maximum atomic E-state index is 13.0. The number of carboxylic acid groups (broad SMARTS) is 1. The van der Waals surface area contributed by atoms with Gasteiger partial charge in [0.15, 0.2) is 0 Å². The summed E-state index contributed by atoms with van der Waals surface area (Å²) in [5.74, 6) is -0.924. The first-order valence-electron chi connectivity index (χ1n) is 9.31. The van der Waals surface area contributed by atoms with Gasteiger partial charge in [-0.3, -0.25) is 14.1 Å². The van der Waals surface area contributed by atoms with Crippen molar-refractivity contribution in [2.24, 2.45) is 0 Å². The molecule has 9 heteroatoms. The van der Waals surface area contributed by atoms with Crippen LogP contribution >= 0.6 is 0 Å². The van der Waals surface area contributed by atoms with E-state index >= 15 is 0 Å². The van der Waals surface area contributed by atoms with Crippen molar-refractivity contribution in [1.29, 1.82) is 0 Å². The van der Waals surface area contributed by atoms with Crippen LogP contribution in [0, 0.1) is 0 Å². The first-order chi connectivity index (χ1) is 14.9. The van der Waals surface area contributed by atoms with Crippen LogP contribution in [0.1, 0.15) is 5.56 Å². The number of benzene rings is 3. The molecule has 0 amide bonds. The third-order valence-corrected chi connectivity index (χ3v) is 6.13. The van der Waals surface area contributed by atoms with Crippen LogP contribution in [-0.4, -0.2) is 36.2 Å². The van der Waals surface area contributed by atoms with Crippen molar-refractivity contribution in [3.05, 3.63) is 78.6 Å². The lowest BCUT2D eigenvalue weighted by Crippen LogP contribution is -2.15. The zero-order valence-corrected chi connectivity index (χ0v) is 17.3. The minimum atomic E-state index is -4.00. The average molecular weight is 437 g/mol. The predicted octanol–water partition coefficient (Wildman–Crippen LogP) is 3.46. The highest BCUT2D eigenvalue weighted by molar-refractivity contribution is 7.92. The van der Waals surface area contributed by atoms with E-state index in [4.69, 9.17) is 9.84 Å². The molecule has 0 aliphatic rings. The summed E-state index contributed by atoms with van der Waals surface area (Å²) >= 11 is 0. The van der Waals surface area contributed by atoms with Gasteiger partial charge in [0.25, 0.3) is 10.0 Å². The first kappa shape index (κ1) is 20.4. The molecule has 1 heterocycles. The fraction of sp³-hybridized carbons (Fsp3) is 0.0909. The van der Waals surface area contributed by atoms with Crippen LogP contribution < -0.4 is 9.46 Å². The van der Waals surface area contributed by atoms with Gasteiger partial charge in [-0.15, -0.1) is 0 Å². The lowest BCUT2D eigenvalue weighted by atomic mass is 10.1. The number of anilines is 1. The summed E-state index contributed by atoms with van der Waals surface area (Å²) in [6.07, 6.45) is 1.42. The Hall–Kier alpha value is -3.85. The lowest BCUT2D eigenvalue weighted by molar-refractivity contribution is -0.136.